The van der Waals surface area contributed by atoms with Gasteiger partial charge in [0.05, 0.1) is 11.4 Å². The minimum absolute atomic E-state index is 0.00630. The SMILES string of the molecule is O=C1COc2ccc(-c3csc(NC(=O)c4cccc(N5CCCC5=O)c4)n3)cc2N1. The van der Waals surface area contributed by atoms with Crippen LogP contribution in [-0.4, -0.2) is 35.9 Å². The molecule has 3 heterocycles. The molecule has 31 heavy (non-hydrogen) atoms. The van der Waals surface area contributed by atoms with Crippen molar-refractivity contribution in [1.82, 2.24) is 4.98 Å². The Morgan fingerprint density at radius 1 is 1.19 bits per heavy atom. The normalized spacial score (nSPS) is 15.3. The van der Waals surface area contributed by atoms with E-state index in [-0.39, 0.29) is 24.3 Å². The topological polar surface area (TPSA) is 101 Å². The molecule has 8 nitrogen and oxygen atoms in total. The fourth-order valence-electron chi connectivity index (χ4n) is 3.61. The van der Waals surface area contributed by atoms with E-state index in [0.29, 0.717) is 40.8 Å². The third kappa shape index (κ3) is 3.87. The van der Waals surface area contributed by atoms with E-state index in [2.05, 4.69) is 15.6 Å². The molecule has 0 bridgehead atoms. The van der Waals surface area contributed by atoms with Crippen LogP contribution in [0, 0.1) is 0 Å². The second kappa shape index (κ2) is 7.84. The number of aromatic nitrogens is 1. The zero-order valence-electron chi connectivity index (χ0n) is 16.4. The Kier molecular flexibility index (Phi) is 4.87. The number of nitrogens with one attached hydrogen (secondary N) is 2. The lowest BCUT2D eigenvalue weighted by Crippen LogP contribution is -2.25. The second-order valence-electron chi connectivity index (χ2n) is 7.24. The van der Waals surface area contributed by atoms with Gasteiger partial charge in [-0.1, -0.05) is 6.07 Å². The van der Waals surface area contributed by atoms with Crippen molar-refractivity contribution in [2.24, 2.45) is 0 Å². The minimum atomic E-state index is -0.291. The standard InChI is InChI=1S/C22H18N4O4S/c27-19-11-30-18-7-6-13(10-16(18)23-19)17-12-31-22(24-17)25-21(29)14-3-1-4-15(9-14)26-8-2-5-20(26)28/h1,3-4,6-7,9-10,12H,2,5,8,11H2,(H,23,27)(H,24,25,29). The summed E-state index contributed by atoms with van der Waals surface area (Å²) in [6, 6.07) is 12.5. The first-order valence-electron chi connectivity index (χ1n) is 9.81. The molecule has 1 aromatic heterocycles. The van der Waals surface area contributed by atoms with Crippen LogP contribution in [0.1, 0.15) is 23.2 Å². The molecule has 0 aliphatic carbocycles. The Bertz CT molecular complexity index is 1210. The van der Waals surface area contributed by atoms with Gasteiger partial charge in [0, 0.05) is 35.2 Å². The Labute approximate surface area is 181 Å². The molecular formula is C22H18N4O4S. The van der Waals surface area contributed by atoms with Crippen molar-refractivity contribution in [3.63, 3.8) is 0 Å². The van der Waals surface area contributed by atoms with Gasteiger partial charge >= 0.3 is 0 Å². The van der Waals surface area contributed by atoms with Crippen LogP contribution in [0.15, 0.2) is 47.8 Å². The summed E-state index contributed by atoms with van der Waals surface area (Å²) >= 11 is 1.31. The number of amides is 3. The Balaban J connectivity index is 1.32. The van der Waals surface area contributed by atoms with Gasteiger partial charge < -0.3 is 15.0 Å². The average Bonchev–Trinajstić information content (AvgIpc) is 3.42. The van der Waals surface area contributed by atoms with E-state index in [9.17, 15) is 14.4 Å². The van der Waals surface area contributed by atoms with Crippen LogP contribution < -0.4 is 20.3 Å². The smallest absolute Gasteiger partial charge is 0.262 e. The van der Waals surface area contributed by atoms with Crippen LogP contribution >= 0.6 is 11.3 Å². The van der Waals surface area contributed by atoms with Crippen LogP contribution in [0.5, 0.6) is 5.75 Å². The van der Waals surface area contributed by atoms with E-state index in [1.807, 2.05) is 17.5 Å². The number of hydrogen-bond donors (Lipinski definition) is 2. The number of carbonyl (C=O) groups is 3. The van der Waals surface area contributed by atoms with Crippen LogP contribution in [0.25, 0.3) is 11.3 Å². The molecule has 3 aromatic rings. The zero-order valence-corrected chi connectivity index (χ0v) is 17.2. The lowest BCUT2D eigenvalue weighted by Gasteiger charge is -2.18. The molecule has 2 aromatic carbocycles. The number of carbonyl (C=O) groups excluding carboxylic acids is 3. The summed E-state index contributed by atoms with van der Waals surface area (Å²) in [6.07, 6.45) is 1.37. The highest BCUT2D eigenvalue weighted by atomic mass is 32.1. The summed E-state index contributed by atoms with van der Waals surface area (Å²) in [5.41, 5.74) is 3.27. The molecule has 2 N–H and O–H groups in total. The molecule has 0 spiro atoms. The molecule has 9 heteroatoms. The summed E-state index contributed by atoms with van der Waals surface area (Å²) in [5, 5.41) is 7.89. The van der Waals surface area contributed by atoms with E-state index in [1.54, 1.807) is 35.2 Å². The second-order valence-corrected chi connectivity index (χ2v) is 8.10. The number of ether oxygens (including phenoxy) is 1. The molecule has 1 saturated heterocycles. The average molecular weight is 434 g/mol. The third-order valence-electron chi connectivity index (χ3n) is 5.13. The maximum Gasteiger partial charge on any atom is 0.262 e. The molecule has 3 amide bonds. The first-order valence-corrected chi connectivity index (χ1v) is 10.7. The Morgan fingerprint density at radius 2 is 2.10 bits per heavy atom. The van der Waals surface area contributed by atoms with Gasteiger partial charge in [-0.3, -0.25) is 19.7 Å². The van der Waals surface area contributed by atoms with E-state index >= 15 is 0 Å². The van der Waals surface area contributed by atoms with E-state index < -0.39 is 0 Å². The van der Waals surface area contributed by atoms with Gasteiger partial charge in [0.25, 0.3) is 11.8 Å². The number of nitrogens with zero attached hydrogens (tertiary/aromatic N) is 2. The van der Waals surface area contributed by atoms with Gasteiger partial charge in [-0.15, -0.1) is 11.3 Å². The number of anilines is 3. The van der Waals surface area contributed by atoms with Crippen LogP contribution in [0.2, 0.25) is 0 Å². The van der Waals surface area contributed by atoms with Gasteiger partial charge in [-0.2, -0.15) is 0 Å². The number of rotatable bonds is 4. The van der Waals surface area contributed by atoms with Crippen molar-refractivity contribution in [3.05, 3.63) is 53.4 Å². The lowest BCUT2D eigenvalue weighted by molar-refractivity contribution is -0.119. The van der Waals surface area contributed by atoms with Crippen molar-refractivity contribution in [1.29, 1.82) is 0 Å². The predicted molar refractivity (Wildman–Crippen MR) is 118 cm³/mol. The molecule has 0 atom stereocenters. The Hall–Kier alpha value is -3.72. The summed E-state index contributed by atoms with van der Waals surface area (Å²) in [7, 11) is 0. The number of hydrogen-bond acceptors (Lipinski definition) is 6. The summed E-state index contributed by atoms with van der Waals surface area (Å²) in [4.78, 5) is 42.4. The maximum absolute atomic E-state index is 12.7. The highest BCUT2D eigenvalue weighted by molar-refractivity contribution is 7.14. The van der Waals surface area contributed by atoms with E-state index in [1.165, 1.54) is 11.3 Å². The molecule has 1 fully saturated rings. The molecule has 2 aliphatic heterocycles. The molecule has 0 saturated carbocycles. The molecular weight excluding hydrogens is 416 g/mol. The van der Waals surface area contributed by atoms with Gasteiger partial charge in [0.2, 0.25) is 5.91 Å². The highest BCUT2D eigenvalue weighted by Gasteiger charge is 2.22. The van der Waals surface area contributed by atoms with Crippen LogP contribution in [-0.2, 0) is 9.59 Å². The van der Waals surface area contributed by atoms with Crippen molar-refractivity contribution in [2.75, 3.05) is 28.7 Å². The molecule has 0 radical (unpaired) electrons. The summed E-state index contributed by atoms with van der Waals surface area (Å²) in [6.45, 7) is 0.679. The number of thiazole rings is 1. The Morgan fingerprint density at radius 3 is 2.94 bits per heavy atom. The monoisotopic (exact) mass is 434 g/mol. The van der Waals surface area contributed by atoms with E-state index in [4.69, 9.17) is 4.74 Å². The van der Waals surface area contributed by atoms with Gasteiger partial charge in [-0.05, 0) is 42.8 Å². The molecule has 156 valence electrons. The van der Waals surface area contributed by atoms with Gasteiger partial charge in [0.15, 0.2) is 11.7 Å². The largest absolute Gasteiger partial charge is 0.482 e. The van der Waals surface area contributed by atoms with Crippen molar-refractivity contribution < 1.29 is 19.1 Å². The number of benzene rings is 2. The van der Waals surface area contributed by atoms with Crippen molar-refractivity contribution in [2.45, 2.75) is 12.8 Å². The van der Waals surface area contributed by atoms with Gasteiger partial charge in [-0.25, -0.2) is 4.98 Å². The molecule has 2 aliphatic rings. The predicted octanol–water partition coefficient (Wildman–Crippen LogP) is 3.52. The summed E-state index contributed by atoms with van der Waals surface area (Å²) < 4.78 is 5.38. The van der Waals surface area contributed by atoms with Crippen LogP contribution in [0.3, 0.4) is 0 Å². The van der Waals surface area contributed by atoms with E-state index in [0.717, 1.165) is 17.7 Å². The lowest BCUT2D eigenvalue weighted by atomic mass is 10.1. The quantitative estimate of drug-likeness (QED) is 0.654. The fourth-order valence-corrected chi connectivity index (χ4v) is 4.33. The van der Waals surface area contributed by atoms with Crippen molar-refractivity contribution >= 4 is 45.6 Å². The minimum Gasteiger partial charge on any atom is -0.482 e. The fraction of sp³-hybridized carbons (Fsp3) is 0.182. The first kappa shape index (κ1) is 19.3. The maximum atomic E-state index is 12.7. The molecule has 0 unspecified atom stereocenters. The van der Waals surface area contributed by atoms with Crippen molar-refractivity contribution in [3.8, 4) is 17.0 Å². The zero-order chi connectivity index (χ0) is 21.4. The van der Waals surface area contributed by atoms with Crippen LogP contribution in [0.4, 0.5) is 16.5 Å². The number of fused-ring (bicyclic) bond motifs is 1. The highest BCUT2D eigenvalue weighted by Crippen LogP contribution is 2.34. The molecule has 5 rings (SSSR count). The summed E-state index contributed by atoms with van der Waals surface area (Å²) in [5.74, 6) is 0.200. The van der Waals surface area contributed by atoms with Gasteiger partial charge in [0.1, 0.15) is 5.75 Å². The first-order chi connectivity index (χ1) is 15.1. The third-order valence-corrected chi connectivity index (χ3v) is 5.88.